The van der Waals surface area contributed by atoms with Gasteiger partial charge in [0.2, 0.25) is 10.0 Å². The minimum Gasteiger partial charge on any atom is -0.383 e. The average Bonchev–Trinajstić information content (AvgIpc) is 2.36. The summed E-state index contributed by atoms with van der Waals surface area (Å²) in [6, 6.07) is 5.98. The van der Waals surface area contributed by atoms with Crippen LogP contribution >= 0.6 is 0 Å². The minimum absolute atomic E-state index is 0.0997. The second kappa shape index (κ2) is 6.87. The van der Waals surface area contributed by atoms with Crippen molar-refractivity contribution in [3.8, 4) is 6.07 Å². The van der Waals surface area contributed by atoms with Crippen molar-refractivity contribution in [2.45, 2.75) is 19.3 Å². The lowest BCUT2D eigenvalue weighted by Gasteiger charge is -2.25. The van der Waals surface area contributed by atoms with Gasteiger partial charge in [0.05, 0.1) is 11.4 Å². The number of benzene rings is 1. The molecule has 0 saturated heterocycles. The van der Waals surface area contributed by atoms with Gasteiger partial charge in [0.1, 0.15) is 17.4 Å². The molecule has 1 fully saturated rings. The second-order valence-electron chi connectivity index (χ2n) is 5.17. The van der Waals surface area contributed by atoms with Crippen LogP contribution in [0.15, 0.2) is 18.2 Å². The first kappa shape index (κ1) is 15.7. The van der Waals surface area contributed by atoms with E-state index in [9.17, 15) is 12.8 Å². The molecule has 0 atom stereocenters. The van der Waals surface area contributed by atoms with Gasteiger partial charge in [-0.3, -0.25) is 0 Å². The van der Waals surface area contributed by atoms with Gasteiger partial charge in [-0.05, 0) is 30.9 Å². The Morgan fingerprint density at radius 3 is 2.76 bits per heavy atom. The first-order chi connectivity index (χ1) is 10.0. The molecule has 0 heterocycles. The normalized spacial score (nSPS) is 15.2. The summed E-state index contributed by atoms with van der Waals surface area (Å²) in [5, 5.41) is 11.7. The van der Waals surface area contributed by atoms with Gasteiger partial charge in [-0.2, -0.15) is 5.26 Å². The third-order valence-electron chi connectivity index (χ3n) is 3.63. The Hall–Kier alpha value is -1.65. The molecule has 7 heteroatoms. The van der Waals surface area contributed by atoms with Crippen LogP contribution < -0.4 is 10.0 Å². The SMILES string of the molecule is N#Cc1c(F)cccc1NCCS(=O)(=O)NCC1CCC1. The Morgan fingerprint density at radius 1 is 1.38 bits per heavy atom. The summed E-state index contributed by atoms with van der Waals surface area (Å²) in [6.45, 7) is 0.615. The van der Waals surface area contributed by atoms with E-state index in [1.807, 2.05) is 0 Å². The van der Waals surface area contributed by atoms with Gasteiger partial charge in [-0.25, -0.2) is 17.5 Å². The largest absolute Gasteiger partial charge is 0.383 e. The first-order valence-corrected chi connectivity index (χ1v) is 8.57. The molecular weight excluding hydrogens is 293 g/mol. The fourth-order valence-corrected chi connectivity index (χ4v) is 3.12. The molecule has 0 unspecified atom stereocenters. The highest BCUT2D eigenvalue weighted by molar-refractivity contribution is 7.89. The third kappa shape index (κ3) is 4.41. The lowest BCUT2D eigenvalue weighted by molar-refractivity contribution is 0.316. The van der Waals surface area contributed by atoms with E-state index in [2.05, 4.69) is 10.0 Å². The molecule has 114 valence electrons. The molecule has 0 spiro atoms. The van der Waals surface area contributed by atoms with E-state index in [1.165, 1.54) is 18.6 Å². The molecule has 0 bridgehead atoms. The van der Waals surface area contributed by atoms with Crippen molar-refractivity contribution in [3.63, 3.8) is 0 Å². The maximum atomic E-state index is 13.4. The number of nitrogens with zero attached hydrogens (tertiary/aromatic N) is 1. The van der Waals surface area contributed by atoms with Gasteiger partial charge in [0, 0.05) is 13.1 Å². The zero-order valence-corrected chi connectivity index (χ0v) is 12.4. The molecule has 1 aromatic carbocycles. The third-order valence-corrected chi connectivity index (χ3v) is 4.98. The maximum absolute atomic E-state index is 13.4. The van der Waals surface area contributed by atoms with Crippen LogP contribution in [-0.4, -0.2) is 27.3 Å². The summed E-state index contributed by atoms with van der Waals surface area (Å²) < 4.78 is 39.5. The van der Waals surface area contributed by atoms with Crippen LogP contribution in [0.4, 0.5) is 10.1 Å². The highest BCUT2D eigenvalue weighted by Gasteiger charge is 2.20. The van der Waals surface area contributed by atoms with Crippen molar-refractivity contribution in [1.82, 2.24) is 4.72 Å². The molecule has 1 aliphatic rings. The van der Waals surface area contributed by atoms with E-state index >= 15 is 0 Å². The van der Waals surface area contributed by atoms with Crippen LogP contribution in [0.25, 0.3) is 0 Å². The van der Waals surface area contributed by atoms with Gasteiger partial charge in [0.25, 0.3) is 0 Å². The second-order valence-corrected chi connectivity index (χ2v) is 7.09. The van der Waals surface area contributed by atoms with Gasteiger partial charge >= 0.3 is 0 Å². The highest BCUT2D eigenvalue weighted by atomic mass is 32.2. The number of nitriles is 1. The van der Waals surface area contributed by atoms with E-state index < -0.39 is 15.8 Å². The Morgan fingerprint density at radius 2 is 2.14 bits per heavy atom. The van der Waals surface area contributed by atoms with Crippen LogP contribution in [-0.2, 0) is 10.0 Å². The summed E-state index contributed by atoms with van der Waals surface area (Å²) in [6.07, 6.45) is 3.33. The monoisotopic (exact) mass is 311 g/mol. The maximum Gasteiger partial charge on any atom is 0.213 e. The standard InChI is InChI=1S/C14H18FN3O2S/c15-13-5-2-6-14(12(13)9-16)17-7-8-21(19,20)18-10-11-3-1-4-11/h2,5-6,11,17-18H,1,3-4,7-8,10H2. The van der Waals surface area contributed by atoms with Crippen molar-refractivity contribution in [3.05, 3.63) is 29.6 Å². The summed E-state index contributed by atoms with van der Waals surface area (Å²) in [4.78, 5) is 0. The number of anilines is 1. The molecule has 1 saturated carbocycles. The Kier molecular flexibility index (Phi) is 5.15. The lowest BCUT2D eigenvalue weighted by atomic mass is 9.86. The number of rotatable bonds is 7. The molecule has 1 aromatic rings. The number of hydrogen-bond donors (Lipinski definition) is 2. The van der Waals surface area contributed by atoms with E-state index in [-0.39, 0.29) is 17.9 Å². The van der Waals surface area contributed by atoms with E-state index in [0.717, 1.165) is 12.8 Å². The summed E-state index contributed by atoms with van der Waals surface area (Å²) in [5.74, 6) is -0.268. The van der Waals surface area contributed by atoms with Crippen LogP contribution in [0.1, 0.15) is 24.8 Å². The number of nitrogens with one attached hydrogen (secondary N) is 2. The Bertz CT molecular complexity index is 636. The summed E-state index contributed by atoms with van der Waals surface area (Å²) >= 11 is 0. The van der Waals surface area contributed by atoms with Crippen LogP contribution in [0.3, 0.4) is 0 Å². The zero-order valence-electron chi connectivity index (χ0n) is 11.6. The topological polar surface area (TPSA) is 82.0 Å². The van der Waals surface area contributed by atoms with Crippen molar-refractivity contribution >= 4 is 15.7 Å². The molecule has 0 aliphatic heterocycles. The first-order valence-electron chi connectivity index (χ1n) is 6.91. The summed E-state index contributed by atoms with van der Waals surface area (Å²) in [5.41, 5.74) is 0.212. The number of hydrogen-bond acceptors (Lipinski definition) is 4. The minimum atomic E-state index is -3.34. The predicted molar refractivity (Wildman–Crippen MR) is 78.7 cm³/mol. The average molecular weight is 311 g/mol. The van der Waals surface area contributed by atoms with Crippen molar-refractivity contribution in [2.75, 3.05) is 24.2 Å². The van der Waals surface area contributed by atoms with E-state index in [0.29, 0.717) is 18.2 Å². The highest BCUT2D eigenvalue weighted by Crippen LogP contribution is 2.25. The fourth-order valence-electron chi connectivity index (χ4n) is 2.12. The van der Waals surface area contributed by atoms with Gasteiger partial charge in [-0.15, -0.1) is 0 Å². The quantitative estimate of drug-likeness (QED) is 0.805. The fraction of sp³-hybridized carbons (Fsp3) is 0.500. The smallest absolute Gasteiger partial charge is 0.213 e. The van der Waals surface area contributed by atoms with Crippen molar-refractivity contribution < 1.29 is 12.8 Å². The lowest BCUT2D eigenvalue weighted by Crippen LogP contribution is -2.35. The van der Waals surface area contributed by atoms with E-state index in [4.69, 9.17) is 5.26 Å². The molecular formula is C14H18FN3O2S. The molecule has 0 radical (unpaired) electrons. The number of halogens is 1. The van der Waals surface area contributed by atoms with Crippen LogP contribution in [0, 0.1) is 23.1 Å². The van der Waals surface area contributed by atoms with E-state index in [1.54, 1.807) is 12.1 Å². The zero-order chi connectivity index (χ0) is 15.3. The van der Waals surface area contributed by atoms with Crippen molar-refractivity contribution in [2.24, 2.45) is 5.92 Å². The van der Waals surface area contributed by atoms with Gasteiger partial charge in [0.15, 0.2) is 0 Å². The Balaban J connectivity index is 1.83. The molecule has 5 nitrogen and oxygen atoms in total. The molecule has 2 rings (SSSR count). The van der Waals surface area contributed by atoms with Crippen molar-refractivity contribution in [1.29, 1.82) is 5.26 Å². The molecule has 2 N–H and O–H groups in total. The molecule has 1 aliphatic carbocycles. The number of sulfonamides is 1. The predicted octanol–water partition coefficient (Wildman–Crippen LogP) is 1.83. The summed E-state index contributed by atoms with van der Waals surface area (Å²) in [7, 11) is -3.34. The van der Waals surface area contributed by atoms with Gasteiger partial charge < -0.3 is 5.32 Å². The molecule has 0 amide bonds. The van der Waals surface area contributed by atoms with Crippen LogP contribution in [0.5, 0.6) is 0 Å². The van der Waals surface area contributed by atoms with Crippen LogP contribution in [0.2, 0.25) is 0 Å². The molecule has 0 aromatic heterocycles. The van der Waals surface area contributed by atoms with Gasteiger partial charge in [-0.1, -0.05) is 12.5 Å². The Labute approximate surface area is 124 Å². The molecule has 21 heavy (non-hydrogen) atoms.